The van der Waals surface area contributed by atoms with Crippen LogP contribution in [0.5, 0.6) is 5.75 Å². The van der Waals surface area contributed by atoms with Crippen molar-refractivity contribution in [3.63, 3.8) is 0 Å². The predicted octanol–water partition coefficient (Wildman–Crippen LogP) is 2.86. The van der Waals surface area contributed by atoms with Gasteiger partial charge in [0.05, 0.1) is 24.0 Å². The van der Waals surface area contributed by atoms with Crippen LogP contribution in [0.15, 0.2) is 75.6 Å². The quantitative estimate of drug-likeness (QED) is 0.552. The minimum atomic E-state index is -0.567. The van der Waals surface area contributed by atoms with Crippen molar-refractivity contribution in [3.8, 4) is 11.4 Å². The van der Waals surface area contributed by atoms with Gasteiger partial charge >= 0.3 is 5.69 Å². The molecular formula is C21H17N3O4S. The molecule has 0 spiro atoms. The molecule has 0 radical (unpaired) electrons. The molecule has 0 fully saturated rings. The second-order valence-electron chi connectivity index (χ2n) is 6.23. The highest BCUT2D eigenvalue weighted by Crippen LogP contribution is 2.23. The second-order valence-corrected chi connectivity index (χ2v) is 7.14. The van der Waals surface area contributed by atoms with Crippen LogP contribution in [-0.4, -0.2) is 22.2 Å². The zero-order valence-corrected chi connectivity index (χ0v) is 16.3. The molecule has 7 nitrogen and oxygen atoms in total. The Kier molecular flexibility index (Phi) is 5.01. The molecule has 1 N–H and O–H groups in total. The average Bonchev–Trinajstić information content (AvgIpc) is 3.23. The van der Waals surface area contributed by atoms with Gasteiger partial charge in [0.1, 0.15) is 17.0 Å². The summed E-state index contributed by atoms with van der Waals surface area (Å²) in [4.78, 5) is 38.7. The number of aromatic nitrogens is 2. The maximum Gasteiger partial charge on any atom is 0.336 e. The molecule has 0 aliphatic heterocycles. The van der Waals surface area contributed by atoms with Crippen LogP contribution in [-0.2, 0) is 11.3 Å². The molecule has 8 heteroatoms. The van der Waals surface area contributed by atoms with Crippen LogP contribution in [0.2, 0.25) is 0 Å². The van der Waals surface area contributed by atoms with Crippen LogP contribution in [0.25, 0.3) is 15.9 Å². The first-order chi connectivity index (χ1) is 14.1. The lowest BCUT2D eigenvalue weighted by atomic mass is 10.3. The van der Waals surface area contributed by atoms with Gasteiger partial charge in [0.15, 0.2) is 0 Å². The number of benzene rings is 2. The number of rotatable bonds is 5. The Morgan fingerprint density at radius 2 is 1.76 bits per heavy atom. The van der Waals surface area contributed by atoms with Gasteiger partial charge in [-0.3, -0.25) is 14.2 Å². The average molecular weight is 407 g/mol. The van der Waals surface area contributed by atoms with E-state index in [0.717, 1.165) is 4.57 Å². The number of methoxy groups -OCH3 is 1. The Balaban J connectivity index is 1.78. The fourth-order valence-corrected chi connectivity index (χ4v) is 3.95. The van der Waals surface area contributed by atoms with Gasteiger partial charge in [-0.2, -0.15) is 0 Å². The van der Waals surface area contributed by atoms with Crippen LogP contribution >= 0.6 is 11.3 Å². The summed E-state index contributed by atoms with van der Waals surface area (Å²) in [6.45, 7) is -0.239. The molecule has 0 aliphatic rings. The Morgan fingerprint density at radius 3 is 2.52 bits per heavy atom. The number of hydrogen-bond donors (Lipinski definition) is 1. The van der Waals surface area contributed by atoms with Crippen molar-refractivity contribution in [2.24, 2.45) is 0 Å². The van der Waals surface area contributed by atoms with Gasteiger partial charge in [-0.25, -0.2) is 9.36 Å². The number of ether oxygens (including phenoxy) is 1. The standard InChI is InChI=1S/C21H17N3O4S/c1-28-17-10-6-5-9-15(17)22-18(25)13-23-16-11-12-29-19(16)20(26)24(21(23)27)14-7-3-2-4-8-14/h2-12H,13H2,1H3,(H,22,25). The molecule has 2 aromatic carbocycles. The Labute approximate surface area is 169 Å². The first-order valence-electron chi connectivity index (χ1n) is 8.81. The zero-order valence-electron chi connectivity index (χ0n) is 15.5. The third kappa shape index (κ3) is 3.45. The maximum atomic E-state index is 13.1. The molecule has 0 unspecified atom stereocenters. The molecule has 0 bridgehead atoms. The Morgan fingerprint density at radius 1 is 1.03 bits per heavy atom. The highest BCUT2D eigenvalue weighted by atomic mass is 32.1. The number of hydrogen-bond acceptors (Lipinski definition) is 5. The highest BCUT2D eigenvalue weighted by Gasteiger charge is 2.18. The topological polar surface area (TPSA) is 82.3 Å². The number of thiophene rings is 1. The van der Waals surface area contributed by atoms with E-state index in [0.29, 0.717) is 27.3 Å². The maximum absolute atomic E-state index is 13.1. The second kappa shape index (κ2) is 7.76. The monoisotopic (exact) mass is 407 g/mol. The largest absolute Gasteiger partial charge is 0.495 e. The summed E-state index contributed by atoms with van der Waals surface area (Å²) in [6, 6.07) is 17.4. The molecule has 0 saturated carbocycles. The summed E-state index contributed by atoms with van der Waals surface area (Å²) in [5.74, 6) is 0.116. The predicted molar refractivity (Wildman–Crippen MR) is 113 cm³/mol. The van der Waals surface area contributed by atoms with E-state index < -0.39 is 17.2 Å². The third-order valence-corrected chi connectivity index (χ3v) is 5.34. The van der Waals surface area contributed by atoms with E-state index in [9.17, 15) is 14.4 Å². The lowest BCUT2D eigenvalue weighted by Crippen LogP contribution is -2.40. The molecule has 1 amide bonds. The van der Waals surface area contributed by atoms with Crippen molar-refractivity contribution >= 4 is 33.1 Å². The van der Waals surface area contributed by atoms with E-state index in [1.807, 2.05) is 0 Å². The summed E-state index contributed by atoms with van der Waals surface area (Å²) in [6.07, 6.45) is 0. The van der Waals surface area contributed by atoms with Gasteiger partial charge in [-0.15, -0.1) is 11.3 Å². The number of carbonyl (C=O) groups is 1. The Hall–Kier alpha value is -3.65. The van der Waals surface area contributed by atoms with Gasteiger partial charge in [0.2, 0.25) is 5.91 Å². The van der Waals surface area contributed by atoms with E-state index in [4.69, 9.17) is 4.74 Å². The van der Waals surface area contributed by atoms with Gasteiger partial charge in [0.25, 0.3) is 5.56 Å². The van der Waals surface area contributed by atoms with Crippen LogP contribution in [0.1, 0.15) is 0 Å². The first kappa shape index (κ1) is 18.7. The fraction of sp³-hybridized carbons (Fsp3) is 0.0952. The number of para-hydroxylation sites is 3. The van der Waals surface area contributed by atoms with Gasteiger partial charge in [0, 0.05) is 0 Å². The number of nitrogens with zero attached hydrogens (tertiary/aromatic N) is 2. The van der Waals surface area contributed by atoms with E-state index in [1.165, 1.54) is 23.0 Å². The number of anilines is 1. The van der Waals surface area contributed by atoms with E-state index >= 15 is 0 Å². The van der Waals surface area contributed by atoms with E-state index in [1.54, 1.807) is 66.0 Å². The molecule has 0 atom stereocenters. The minimum absolute atomic E-state index is 0.239. The lowest BCUT2D eigenvalue weighted by molar-refractivity contribution is -0.116. The van der Waals surface area contributed by atoms with Gasteiger partial charge < -0.3 is 10.1 Å². The van der Waals surface area contributed by atoms with Crippen molar-refractivity contribution in [2.75, 3.05) is 12.4 Å². The first-order valence-corrected chi connectivity index (χ1v) is 9.69. The summed E-state index contributed by atoms with van der Waals surface area (Å²) < 4.78 is 8.06. The minimum Gasteiger partial charge on any atom is -0.495 e. The summed E-state index contributed by atoms with van der Waals surface area (Å²) in [7, 11) is 1.51. The molecule has 2 heterocycles. The van der Waals surface area contributed by atoms with Crippen molar-refractivity contribution in [1.29, 1.82) is 0 Å². The van der Waals surface area contributed by atoms with Crippen LogP contribution in [0.4, 0.5) is 5.69 Å². The summed E-state index contributed by atoms with van der Waals surface area (Å²) >= 11 is 1.24. The van der Waals surface area contributed by atoms with Crippen LogP contribution in [0, 0.1) is 0 Å². The molecular weight excluding hydrogens is 390 g/mol. The number of carbonyl (C=O) groups excluding carboxylic acids is 1. The number of amides is 1. The van der Waals surface area contributed by atoms with Crippen LogP contribution in [0.3, 0.4) is 0 Å². The van der Waals surface area contributed by atoms with Crippen molar-refractivity contribution in [2.45, 2.75) is 6.54 Å². The molecule has 29 heavy (non-hydrogen) atoms. The smallest absolute Gasteiger partial charge is 0.336 e. The normalized spacial score (nSPS) is 10.8. The summed E-state index contributed by atoms with van der Waals surface area (Å²) in [5, 5.41) is 4.49. The number of nitrogens with one attached hydrogen (secondary N) is 1. The van der Waals surface area contributed by atoms with Crippen LogP contribution < -0.4 is 21.3 Å². The van der Waals surface area contributed by atoms with Gasteiger partial charge in [-0.1, -0.05) is 30.3 Å². The molecule has 146 valence electrons. The van der Waals surface area contributed by atoms with Crippen molar-refractivity contribution in [3.05, 3.63) is 86.9 Å². The molecule has 0 aliphatic carbocycles. The highest BCUT2D eigenvalue weighted by molar-refractivity contribution is 7.17. The van der Waals surface area contributed by atoms with Crippen molar-refractivity contribution in [1.82, 2.24) is 9.13 Å². The number of fused-ring (bicyclic) bond motifs is 1. The molecule has 4 rings (SSSR count). The molecule has 2 aromatic heterocycles. The third-order valence-electron chi connectivity index (χ3n) is 4.45. The molecule has 0 saturated heterocycles. The Bertz CT molecular complexity index is 1310. The van der Waals surface area contributed by atoms with E-state index in [-0.39, 0.29) is 6.54 Å². The van der Waals surface area contributed by atoms with Gasteiger partial charge in [-0.05, 0) is 35.7 Å². The molecule has 4 aromatic rings. The van der Waals surface area contributed by atoms with E-state index in [2.05, 4.69) is 5.32 Å². The lowest BCUT2D eigenvalue weighted by Gasteiger charge is -2.13. The SMILES string of the molecule is COc1ccccc1NC(=O)Cn1c(=O)n(-c2ccccc2)c(=O)c2sccc21. The zero-order chi connectivity index (χ0) is 20.4. The fourth-order valence-electron chi connectivity index (χ4n) is 3.13. The summed E-state index contributed by atoms with van der Waals surface area (Å²) in [5.41, 5.74) is 0.435. The van der Waals surface area contributed by atoms with Crippen molar-refractivity contribution < 1.29 is 9.53 Å².